The lowest BCUT2D eigenvalue weighted by Gasteiger charge is -2.34. The van der Waals surface area contributed by atoms with Gasteiger partial charge in [-0.1, -0.05) is 72.8 Å². The maximum atomic E-state index is 9.67. The summed E-state index contributed by atoms with van der Waals surface area (Å²) in [5.74, 6) is 0.518. The molecule has 128 valence electrons. The van der Waals surface area contributed by atoms with Crippen LogP contribution in [-0.2, 0) is 5.41 Å². The lowest BCUT2D eigenvalue weighted by molar-refractivity contribution is 0.474. The molecule has 0 saturated heterocycles. The van der Waals surface area contributed by atoms with E-state index in [1.807, 2.05) is 42.5 Å². The van der Waals surface area contributed by atoms with Crippen LogP contribution in [0.3, 0.4) is 0 Å². The first-order valence-electron chi connectivity index (χ1n) is 8.71. The molecule has 1 aliphatic carbocycles. The molecule has 0 amide bonds. The maximum Gasteiger partial charge on any atom is 0.115 e. The highest BCUT2D eigenvalue weighted by Gasteiger charge is 2.32. The average Bonchev–Trinajstić information content (AvgIpc) is 2.70. The molecule has 0 fully saturated rings. The fourth-order valence-corrected chi connectivity index (χ4v) is 3.60. The predicted molar refractivity (Wildman–Crippen MR) is 105 cm³/mol. The summed E-state index contributed by atoms with van der Waals surface area (Å²) in [7, 11) is 0. The van der Waals surface area contributed by atoms with Gasteiger partial charge in [-0.2, -0.15) is 0 Å². The minimum absolute atomic E-state index is 0.259. The van der Waals surface area contributed by atoms with Crippen LogP contribution >= 0.6 is 0 Å². The predicted octanol–water partition coefficient (Wildman–Crippen LogP) is 5.43. The highest BCUT2D eigenvalue weighted by Crippen LogP contribution is 2.42. The number of aromatic hydroxyl groups is 2. The first kappa shape index (κ1) is 16.2. The molecule has 1 aliphatic rings. The fourth-order valence-electron chi connectivity index (χ4n) is 3.60. The van der Waals surface area contributed by atoms with Gasteiger partial charge in [0.2, 0.25) is 0 Å². The summed E-state index contributed by atoms with van der Waals surface area (Å²) in [6.45, 7) is 0. The van der Waals surface area contributed by atoms with E-state index in [-0.39, 0.29) is 16.9 Å². The molecular formula is C24H20O2. The molecule has 26 heavy (non-hydrogen) atoms. The second-order valence-electron chi connectivity index (χ2n) is 6.63. The van der Waals surface area contributed by atoms with Crippen LogP contribution in [0.4, 0.5) is 0 Å². The molecule has 0 aliphatic heterocycles. The van der Waals surface area contributed by atoms with Gasteiger partial charge in [-0.3, -0.25) is 0 Å². The number of hydrogen-bond donors (Lipinski definition) is 2. The highest BCUT2D eigenvalue weighted by atomic mass is 16.3. The van der Waals surface area contributed by atoms with Gasteiger partial charge in [-0.15, -0.1) is 0 Å². The lowest BCUT2D eigenvalue weighted by Crippen LogP contribution is -2.26. The molecule has 2 nitrogen and oxygen atoms in total. The van der Waals surface area contributed by atoms with Gasteiger partial charge >= 0.3 is 0 Å². The van der Waals surface area contributed by atoms with Crippen LogP contribution in [-0.4, -0.2) is 10.2 Å². The third kappa shape index (κ3) is 2.91. The van der Waals surface area contributed by atoms with E-state index in [1.54, 1.807) is 24.3 Å². The minimum Gasteiger partial charge on any atom is -0.508 e. The highest BCUT2D eigenvalue weighted by molar-refractivity contribution is 5.76. The van der Waals surface area contributed by atoms with E-state index < -0.39 is 0 Å². The first-order valence-corrected chi connectivity index (χ1v) is 8.71. The maximum absolute atomic E-state index is 9.67. The van der Waals surface area contributed by atoms with Crippen LogP contribution in [0.5, 0.6) is 11.5 Å². The van der Waals surface area contributed by atoms with Gasteiger partial charge in [-0.05, 0) is 52.9 Å². The van der Waals surface area contributed by atoms with Gasteiger partial charge < -0.3 is 10.2 Å². The van der Waals surface area contributed by atoms with Gasteiger partial charge in [0.1, 0.15) is 11.5 Å². The Hall–Kier alpha value is -3.26. The van der Waals surface area contributed by atoms with E-state index in [0.717, 1.165) is 17.5 Å². The number of benzene rings is 3. The Morgan fingerprint density at radius 1 is 0.654 bits per heavy atom. The molecule has 2 N–H and O–H groups in total. The third-order valence-electron chi connectivity index (χ3n) is 5.06. The van der Waals surface area contributed by atoms with Gasteiger partial charge in [0, 0.05) is 5.41 Å². The molecule has 3 aromatic carbocycles. The summed E-state index contributed by atoms with van der Waals surface area (Å²) in [5.41, 5.74) is 4.31. The van der Waals surface area contributed by atoms with E-state index in [2.05, 4.69) is 30.4 Å². The van der Waals surface area contributed by atoms with Crippen LogP contribution in [0, 0.1) is 0 Å². The topological polar surface area (TPSA) is 40.5 Å². The van der Waals surface area contributed by atoms with E-state index >= 15 is 0 Å². The summed E-state index contributed by atoms with van der Waals surface area (Å²) in [5, 5.41) is 19.3. The van der Waals surface area contributed by atoms with Crippen LogP contribution in [0.1, 0.15) is 23.1 Å². The van der Waals surface area contributed by atoms with Crippen LogP contribution in [0.2, 0.25) is 0 Å². The molecule has 4 rings (SSSR count). The smallest absolute Gasteiger partial charge is 0.115 e. The molecule has 0 aromatic heterocycles. The Morgan fingerprint density at radius 2 is 1.19 bits per heavy atom. The van der Waals surface area contributed by atoms with E-state index in [9.17, 15) is 10.2 Å². The zero-order chi connectivity index (χ0) is 18.0. The van der Waals surface area contributed by atoms with Gasteiger partial charge in [-0.25, -0.2) is 0 Å². The minimum atomic E-state index is -0.320. The fraction of sp³-hybridized carbons (Fsp3) is 0.0833. The van der Waals surface area contributed by atoms with Crippen molar-refractivity contribution >= 4 is 5.57 Å². The number of phenolic OH excluding ortho intramolecular Hbond substituents is 2. The van der Waals surface area contributed by atoms with Crippen molar-refractivity contribution in [1.29, 1.82) is 0 Å². The van der Waals surface area contributed by atoms with Gasteiger partial charge in [0.15, 0.2) is 0 Å². The van der Waals surface area contributed by atoms with E-state index in [0.29, 0.717) is 0 Å². The van der Waals surface area contributed by atoms with E-state index in [1.165, 1.54) is 11.1 Å². The van der Waals surface area contributed by atoms with Crippen LogP contribution < -0.4 is 0 Å². The summed E-state index contributed by atoms with van der Waals surface area (Å²) in [4.78, 5) is 0. The molecule has 3 aromatic rings. The SMILES string of the molecule is Oc1ccc(C2(c3ccc(O)cc3)C=CC(c3ccccc3)=CC2)cc1. The van der Waals surface area contributed by atoms with Crippen molar-refractivity contribution in [2.45, 2.75) is 11.8 Å². The zero-order valence-corrected chi connectivity index (χ0v) is 14.3. The molecule has 0 spiro atoms. The van der Waals surface area contributed by atoms with E-state index in [4.69, 9.17) is 0 Å². The second kappa shape index (κ2) is 6.57. The average molecular weight is 340 g/mol. The zero-order valence-electron chi connectivity index (χ0n) is 14.3. The summed E-state index contributed by atoms with van der Waals surface area (Å²) < 4.78 is 0. The van der Waals surface area contributed by atoms with Crippen molar-refractivity contribution in [3.8, 4) is 11.5 Å². The van der Waals surface area contributed by atoms with Crippen molar-refractivity contribution in [1.82, 2.24) is 0 Å². The lowest BCUT2D eigenvalue weighted by atomic mass is 9.69. The van der Waals surface area contributed by atoms with Crippen molar-refractivity contribution in [2.75, 3.05) is 0 Å². The molecule has 0 bridgehead atoms. The Balaban J connectivity index is 1.79. The quantitative estimate of drug-likeness (QED) is 0.667. The van der Waals surface area contributed by atoms with Crippen molar-refractivity contribution in [2.24, 2.45) is 0 Å². The molecule has 0 heterocycles. The Labute approximate surface area is 153 Å². The molecule has 0 radical (unpaired) electrons. The summed E-state index contributed by atoms with van der Waals surface area (Å²) in [6, 6.07) is 25.1. The van der Waals surface area contributed by atoms with Crippen molar-refractivity contribution in [3.63, 3.8) is 0 Å². The standard InChI is InChI=1S/C24H20O2/c25-22-10-6-20(7-11-22)24(21-8-12-23(26)13-9-21)16-14-19(15-17-24)18-4-2-1-3-5-18/h1-16,25-26H,17H2. The Kier molecular flexibility index (Phi) is 4.10. The van der Waals surface area contributed by atoms with Crippen molar-refractivity contribution < 1.29 is 10.2 Å². The second-order valence-corrected chi connectivity index (χ2v) is 6.63. The van der Waals surface area contributed by atoms with Crippen molar-refractivity contribution in [3.05, 3.63) is 114 Å². The molecule has 0 saturated carbocycles. The molecular weight excluding hydrogens is 320 g/mol. The van der Waals surface area contributed by atoms with Crippen LogP contribution in [0.25, 0.3) is 5.57 Å². The monoisotopic (exact) mass is 340 g/mol. The summed E-state index contributed by atoms with van der Waals surface area (Å²) >= 11 is 0. The number of allylic oxidation sites excluding steroid dienone is 4. The molecule has 0 unspecified atom stereocenters. The normalized spacial score (nSPS) is 15.5. The number of rotatable bonds is 3. The van der Waals surface area contributed by atoms with Crippen LogP contribution in [0.15, 0.2) is 97.1 Å². The number of hydrogen-bond acceptors (Lipinski definition) is 2. The molecule has 2 heteroatoms. The number of phenols is 2. The third-order valence-corrected chi connectivity index (χ3v) is 5.06. The summed E-state index contributed by atoms with van der Waals surface area (Å²) in [6.07, 6.45) is 7.46. The van der Waals surface area contributed by atoms with Gasteiger partial charge in [0.25, 0.3) is 0 Å². The Morgan fingerprint density at radius 3 is 1.65 bits per heavy atom. The largest absolute Gasteiger partial charge is 0.508 e. The molecule has 0 atom stereocenters. The first-order chi connectivity index (χ1) is 12.7. The van der Waals surface area contributed by atoms with Gasteiger partial charge in [0.05, 0.1) is 0 Å². The Bertz CT molecular complexity index is 904.